The molecule has 0 aliphatic carbocycles. The van der Waals surface area contributed by atoms with Gasteiger partial charge < -0.3 is 5.32 Å². The minimum absolute atomic E-state index is 0.110. The Morgan fingerprint density at radius 3 is 2.76 bits per heavy atom. The third-order valence-electron chi connectivity index (χ3n) is 2.52. The van der Waals surface area contributed by atoms with Gasteiger partial charge in [-0.2, -0.15) is 0 Å². The molecule has 0 aromatic heterocycles. The normalized spacial score (nSPS) is 12.2. The summed E-state index contributed by atoms with van der Waals surface area (Å²) in [5.41, 5.74) is 1.57. The molecule has 2 nitrogen and oxygen atoms in total. The molecule has 17 heavy (non-hydrogen) atoms. The van der Waals surface area contributed by atoms with Crippen LogP contribution in [0.2, 0.25) is 5.02 Å². The molecular weight excluding hydrogens is 257 g/mol. The van der Waals surface area contributed by atoms with Gasteiger partial charge in [-0.05, 0) is 44.4 Å². The van der Waals surface area contributed by atoms with E-state index >= 15 is 0 Å². The topological polar surface area (TPSA) is 29.1 Å². The Bertz CT molecular complexity index is 393. The lowest BCUT2D eigenvalue weighted by atomic mass is 10.1. The zero-order valence-corrected chi connectivity index (χ0v) is 11.6. The molecule has 1 aromatic rings. The van der Waals surface area contributed by atoms with Gasteiger partial charge in [-0.15, -0.1) is 11.6 Å². The molecule has 4 heteroatoms. The Labute approximate surface area is 112 Å². The summed E-state index contributed by atoms with van der Waals surface area (Å²) < 4.78 is 0. The van der Waals surface area contributed by atoms with Gasteiger partial charge in [0.05, 0.1) is 10.6 Å². The van der Waals surface area contributed by atoms with Crippen molar-refractivity contribution in [1.82, 2.24) is 5.32 Å². The van der Waals surface area contributed by atoms with Crippen LogP contribution < -0.4 is 5.32 Å². The highest BCUT2D eigenvalue weighted by atomic mass is 35.5. The predicted octanol–water partition coefficient (Wildman–Crippen LogP) is 3.79. The fourth-order valence-electron chi connectivity index (χ4n) is 1.56. The second-order valence-electron chi connectivity index (χ2n) is 4.19. The summed E-state index contributed by atoms with van der Waals surface area (Å²) in [5.74, 6) is 0.489. The first-order valence-corrected chi connectivity index (χ1v) is 6.59. The molecule has 94 valence electrons. The fraction of sp³-hybridized carbons (Fsp3) is 0.462. The Balaban J connectivity index is 2.63. The Morgan fingerprint density at radius 2 is 2.18 bits per heavy atom. The molecule has 1 amide bonds. The van der Waals surface area contributed by atoms with Gasteiger partial charge >= 0.3 is 0 Å². The third kappa shape index (κ3) is 4.57. The number of alkyl halides is 1. The number of carbonyl (C=O) groups is 1. The molecule has 1 aromatic carbocycles. The van der Waals surface area contributed by atoms with Crippen molar-refractivity contribution in [2.24, 2.45) is 0 Å². The van der Waals surface area contributed by atoms with E-state index in [1.165, 1.54) is 0 Å². The van der Waals surface area contributed by atoms with E-state index in [-0.39, 0.29) is 11.9 Å². The van der Waals surface area contributed by atoms with Gasteiger partial charge in [0.25, 0.3) is 5.91 Å². The number of aryl methyl sites for hydroxylation is 1. The van der Waals surface area contributed by atoms with Crippen molar-refractivity contribution in [3.05, 3.63) is 34.3 Å². The van der Waals surface area contributed by atoms with Gasteiger partial charge in [-0.25, -0.2) is 0 Å². The first kappa shape index (κ1) is 14.3. The maximum atomic E-state index is 11.9. The quantitative estimate of drug-likeness (QED) is 0.813. The molecule has 0 radical (unpaired) electrons. The highest BCUT2D eigenvalue weighted by Gasteiger charge is 2.12. The summed E-state index contributed by atoms with van der Waals surface area (Å²) in [4.78, 5) is 11.9. The molecule has 0 bridgehead atoms. The van der Waals surface area contributed by atoms with Gasteiger partial charge in [0.2, 0.25) is 0 Å². The monoisotopic (exact) mass is 273 g/mol. The van der Waals surface area contributed by atoms with Crippen LogP contribution in [0.25, 0.3) is 0 Å². The number of carbonyl (C=O) groups excluding carboxylic acids is 1. The number of hydrogen-bond donors (Lipinski definition) is 1. The van der Waals surface area contributed by atoms with Crippen molar-refractivity contribution in [2.45, 2.75) is 32.7 Å². The molecule has 0 saturated carbocycles. The van der Waals surface area contributed by atoms with E-state index < -0.39 is 0 Å². The Hall–Kier alpha value is -0.730. The van der Waals surface area contributed by atoms with E-state index in [0.29, 0.717) is 16.5 Å². The molecule has 1 rings (SSSR count). The molecule has 0 spiro atoms. The van der Waals surface area contributed by atoms with Crippen LogP contribution in [0.5, 0.6) is 0 Å². The van der Waals surface area contributed by atoms with Crippen LogP contribution in [0.1, 0.15) is 35.7 Å². The van der Waals surface area contributed by atoms with Crippen LogP contribution in [-0.2, 0) is 0 Å². The van der Waals surface area contributed by atoms with Crippen molar-refractivity contribution in [3.63, 3.8) is 0 Å². The number of nitrogens with one attached hydrogen (secondary N) is 1. The first-order valence-electron chi connectivity index (χ1n) is 5.67. The van der Waals surface area contributed by atoms with Gasteiger partial charge in [0.1, 0.15) is 0 Å². The van der Waals surface area contributed by atoms with Gasteiger partial charge in [0.15, 0.2) is 0 Å². The lowest BCUT2D eigenvalue weighted by Crippen LogP contribution is -2.32. The van der Waals surface area contributed by atoms with Crippen LogP contribution in [0, 0.1) is 6.92 Å². The number of halogens is 2. The number of rotatable bonds is 5. The molecule has 0 heterocycles. The summed E-state index contributed by atoms with van der Waals surface area (Å²) in [7, 11) is 0. The van der Waals surface area contributed by atoms with Gasteiger partial charge in [-0.1, -0.05) is 17.7 Å². The Morgan fingerprint density at radius 1 is 1.47 bits per heavy atom. The predicted molar refractivity (Wildman–Crippen MR) is 73.1 cm³/mol. The molecule has 1 N–H and O–H groups in total. The lowest BCUT2D eigenvalue weighted by Gasteiger charge is -2.14. The maximum absolute atomic E-state index is 11.9. The van der Waals surface area contributed by atoms with Crippen molar-refractivity contribution in [3.8, 4) is 0 Å². The number of amides is 1. The smallest absolute Gasteiger partial charge is 0.252 e. The van der Waals surface area contributed by atoms with Gasteiger partial charge in [-0.3, -0.25) is 4.79 Å². The van der Waals surface area contributed by atoms with Crippen LogP contribution in [0.4, 0.5) is 0 Å². The highest BCUT2D eigenvalue weighted by molar-refractivity contribution is 6.33. The zero-order chi connectivity index (χ0) is 12.8. The SMILES string of the molecule is Cc1ccc(C(=O)NC(C)CCCCl)c(Cl)c1. The molecule has 1 unspecified atom stereocenters. The van der Waals surface area contributed by atoms with Gasteiger partial charge in [0, 0.05) is 11.9 Å². The highest BCUT2D eigenvalue weighted by Crippen LogP contribution is 2.17. The molecule has 1 atom stereocenters. The summed E-state index contributed by atoms with van der Waals surface area (Å²) in [6, 6.07) is 5.53. The van der Waals surface area contributed by atoms with Crippen molar-refractivity contribution in [2.75, 3.05) is 5.88 Å². The van der Waals surface area contributed by atoms with Crippen molar-refractivity contribution < 1.29 is 4.79 Å². The molecule has 0 aliphatic heterocycles. The zero-order valence-electron chi connectivity index (χ0n) is 10.1. The van der Waals surface area contributed by atoms with Crippen LogP contribution >= 0.6 is 23.2 Å². The van der Waals surface area contributed by atoms with E-state index in [9.17, 15) is 4.79 Å². The second kappa shape index (κ2) is 6.87. The number of hydrogen-bond acceptors (Lipinski definition) is 1. The fourth-order valence-corrected chi connectivity index (χ4v) is 2.04. The molecule has 0 fully saturated rings. The van der Waals surface area contributed by atoms with Crippen LogP contribution in [0.3, 0.4) is 0 Å². The standard InChI is InChI=1S/C13H17Cl2NO/c1-9-5-6-11(12(15)8-9)13(17)16-10(2)4-3-7-14/h5-6,8,10H,3-4,7H2,1-2H3,(H,16,17). The molecule has 0 aliphatic rings. The summed E-state index contributed by atoms with van der Waals surface area (Å²) in [5, 5.41) is 3.40. The van der Waals surface area contributed by atoms with E-state index in [1.54, 1.807) is 12.1 Å². The summed E-state index contributed by atoms with van der Waals surface area (Å²) in [6.07, 6.45) is 1.77. The first-order chi connectivity index (χ1) is 8.04. The minimum atomic E-state index is -0.128. The third-order valence-corrected chi connectivity index (χ3v) is 3.10. The second-order valence-corrected chi connectivity index (χ2v) is 4.97. The number of benzene rings is 1. The minimum Gasteiger partial charge on any atom is -0.350 e. The molecule has 0 saturated heterocycles. The summed E-state index contributed by atoms with van der Waals surface area (Å²) in [6.45, 7) is 3.91. The largest absolute Gasteiger partial charge is 0.350 e. The van der Waals surface area contributed by atoms with Crippen molar-refractivity contribution >= 4 is 29.1 Å². The van der Waals surface area contributed by atoms with E-state index in [2.05, 4.69) is 5.32 Å². The average molecular weight is 274 g/mol. The lowest BCUT2D eigenvalue weighted by molar-refractivity contribution is 0.0938. The molecular formula is C13H17Cl2NO. The average Bonchev–Trinajstić information content (AvgIpc) is 2.26. The van der Waals surface area contributed by atoms with Crippen LogP contribution in [0.15, 0.2) is 18.2 Å². The summed E-state index contributed by atoms with van der Waals surface area (Å²) >= 11 is 11.6. The maximum Gasteiger partial charge on any atom is 0.252 e. The van der Waals surface area contributed by atoms with E-state index in [1.807, 2.05) is 19.9 Å². The van der Waals surface area contributed by atoms with Crippen LogP contribution in [-0.4, -0.2) is 17.8 Å². The van der Waals surface area contributed by atoms with E-state index in [4.69, 9.17) is 23.2 Å². The Kier molecular flexibility index (Phi) is 5.79. The van der Waals surface area contributed by atoms with E-state index in [0.717, 1.165) is 18.4 Å². The van der Waals surface area contributed by atoms with Crippen molar-refractivity contribution in [1.29, 1.82) is 0 Å².